The number of nitrogens with one attached hydrogen (secondary N) is 1. The van der Waals surface area contributed by atoms with Crippen LogP contribution in [0.4, 0.5) is 5.69 Å². The van der Waals surface area contributed by atoms with Crippen LogP contribution in [0.15, 0.2) is 29.5 Å². The van der Waals surface area contributed by atoms with E-state index in [2.05, 4.69) is 15.4 Å². The number of carbonyl (C=O) groups is 1. The normalized spacial score (nSPS) is 14.8. The molecule has 0 unspecified atom stereocenters. The van der Waals surface area contributed by atoms with Gasteiger partial charge in [-0.1, -0.05) is 11.6 Å². The maximum atomic E-state index is 12.7. The number of piperazine rings is 1. The highest BCUT2D eigenvalue weighted by molar-refractivity contribution is 6.32. The zero-order valence-corrected chi connectivity index (χ0v) is 18.4. The second-order valence-electron chi connectivity index (χ2n) is 6.78. The molecule has 1 amide bonds. The average molecular weight is 435 g/mol. The van der Waals surface area contributed by atoms with Crippen molar-refractivity contribution >= 4 is 29.2 Å². The van der Waals surface area contributed by atoms with E-state index in [1.54, 1.807) is 29.9 Å². The van der Waals surface area contributed by atoms with Crippen LogP contribution in [0.25, 0.3) is 0 Å². The van der Waals surface area contributed by atoms with Crippen LogP contribution in [0.1, 0.15) is 12.5 Å². The first-order valence-electron chi connectivity index (χ1n) is 9.70. The topological polar surface area (TPSA) is 84.2 Å². The third kappa shape index (κ3) is 4.79. The molecule has 30 heavy (non-hydrogen) atoms. The van der Waals surface area contributed by atoms with E-state index in [4.69, 9.17) is 21.1 Å². The molecule has 0 radical (unpaired) electrons. The zero-order chi connectivity index (χ0) is 21.7. The predicted molar refractivity (Wildman–Crippen MR) is 117 cm³/mol. The number of hydrogen-bond donors (Lipinski definition) is 1. The molecule has 1 saturated heterocycles. The Morgan fingerprint density at radius 2 is 2.17 bits per heavy atom. The lowest BCUT2D eigenvalue weighted by Crippen LogP contribution is -2.55. The zero-order valence-electron chi connectivity index (χ0n) is 17.7. The largest absolute Gasteiger partial charge is 0.493 e. The van der Waals surface area contributed by atoms with Crippen molar-refractivity contribution in [1.82, 2.24) is 20.0 Å². The highest BCUT2D eigenvalue weighted by Gasteiger charge is 2.27. The Hall–Kier alpha value is -2.94. The van der Waals surface area contributed by atoms with Gasteiger partial charge in [0, 0.05) is 39.9 Å². The minimum atomic E-state index is 0.00276. The molecule has 1 N–H and O–H groups in total. The van der Waals surface area contributed by atoms with Gasteiger partial charge in [-0.05, 0) is 24.6 Å². The molecule has 1 aromatic heterocycles. The first kappa shape index (κ1) is 21.8. The van der Waals surface area contributed by atoms with Gasteiger partial charge < -0.3 is 24.6 Å². The van der Waals surface area contributed by atoms with Gasteiger partial charge in [0.2, 0.25) is 5.91 Å². The third-order valence-electron chi connectivity index (χ3n) is 4.76. The van der Waals surface area contributed by atoms with Gasteiger partial charge in [0.25, 0.3) is 0 Å². The van der Waals surface area contributed by atoms with Crippen molar-refractivity contribution in [2.45, 2.75) is 13.5 Å². The number of halogens is 1. The lowest BCUT2D eigenvalue weighted by Gasteiger charge is -2.35. The first-order chi connectivity index (χ1) is 14.5. The average Bonchev–Trinajstić information content (AvgIpc) is 3.16. The summed E-state index contributed by atoms with van der Waals surface area (Å²) < 4.78 is 12.6. The number of aliphatic imine (C=N–C) groups is 1. The summed E-state index contributed by atoms with van der Waals surface area (Å²) >= 11 is 6.35. The van der Waals surface area contributed by atoms with Crippen LogP contribution in [-0.4, -0.2) is 66.9 Å². The molecule has 10 heteroatoms. The summed E-state index contributed by atoms with van der Waals surface area (Å²) in [5, 5.41) is 7.93. The SMILES string of the molecule is CCOc1c(Cl)cc(CNC(=NC)N2CCN(c3cnn(C)c3)C(=O)C2)cc1OC. The summed E-state index contributed by atoms with van der Waals surface area (Å²) in [6.45, 7) is 4.33. The summed E-state index contributed by atoms with van der Waals surface area (Å²) in [5.41, 5.74) is 1.72. The number of carbonyl (C=O) groups excluding carboxylic acids is 1. The van der Waals surface area contributed by atoms with E-state index < -0.39 is 0 Å². The molecule has 3 rings (SSSR count). The minimum Gasteiger partial charge on any atom is -0.493 e. The number of amides is 1. The highest BCUT2D eigenvalue weighted by atomic mass is 35.5. The Bertz CT molecular complexity index is 929. The molecule has 1 aromatic carbocycles. The molecule has 0 saturated carbocycles. The van der Waals surface area contributed by atoms with Crippen molar-refractivity contribution in [2.75, 3.05) is 45.3 Å². The van der Waals surface area contributed by atoms with E-state index in [1.165, 1.54) is 0 Å². The molecule has 0 bridgehead atoms. The second-order valence-corrected chi connectivity index (χ2v) is 7.19. The maximum absolute atomic E-state index is 12.7. The molecule has 1 aliphatic rings. The molecular weight excluding hydrogens is 408 g/mol. The summed E-state index contributed by atoms with van der Waals surface area (Å²) in [6.07, 6.45) is 3.54. The van der Waals surface area contributed by atoms with Crippen molar-refractivity contribution in [1.29, 1.82) is 0 Å². The molecule has 162 valence electrons. The number of aryl methyl sites for hydroxylation is 1. The molecular formula is C20H27ClN6O3. The van der Waals surface area contributed by atoms with Gasteiger partial charge in [-0.2, -0.15) is 5.10 Å². The number of anilines is 1. The highest BCUT2D eigenvalue weighted by Crippen LogP contribution is 2.36. The van der Waals surface area contributed by atoms with Crippen LogP contribution < -0.4 is 19.7 Å². The number of aromatic nitrogens is 2. The van der Waals surface area contributed by atoms with Crippen LogP contribution in [0, 0.1) is 0 Å². The van der Waals surface area contributed by atoms with Crippen LogP contribution in [0.3, 0.4) is 0 Å². The number of hydrogen-bond acceptors (Lipinski definition) is 5. The van der Waals surface area contributed by atoms with Gasteiger partial charge in [-0.25, -0.2) is 0 Å². The van der Waals surface area contributed by atoms with Crippen molar-refractivity contribution in [2.24, 2.45) is 12.0 Å². The van der Waals surface area contributed by atoms with E-state index in [0.29, 0.717) is 48.7 Å². The lowest BCUT2D eigenvalue weighted by atomic mass is 10.2. The Morgan fingerprint density at radius 3 is 2.77 bits per heavy atom. The van der Waals surface area contributed by atoms with E-state index >= 15 is 0 Å². The Balaban J connectivity index is 1.64. The number of methoxy groups -OCH3 is 1. The summed E-state index contributed by atoms with van der Waals surface area (Å²) in [6, 6.07) is 3.71. The van der Waals surface area contributed by atoms with Crippen LogP contribution in [0.2, 0.25) is 5.02 Å². The predicted octanol–water partition coefficient (Wildman–Crippen LogP) is 1.90. The van der Waals surface area contributed by atoms with Gasteiger partial charge in [-0.3, -0.25) is 14.5 Å². The molecule has 2 aromatic rings. The van der Waals surface area contributed by atoms with Crippen molar-refractivity contribution in [3.8, 4) is 11.5 Å². The molecule has 0 spiro atoms. The monoisotopic (exact) mass is 434 g/mol. The first-order valence-corrected chi connectivity index (χ1v) is 10.1. The molecule has 1 aliphatic heterocycles. The van der Waals surface area contributed by atoms with Crippen LogP contribution in [-0.2, 0) is 18.4 Å². The Labute approximate surface area is 181 Å². The quantitative estimate of drug-likeness (QED) is 0.552. The van der Waals surface area contributed by atoms with Gasteiger partial charge in [0.05, 0.1) is 30.6 Å². The van der Waals surface area contributed by atoms with E-state index in [9.17, 15) is 4.79 Å². The van der Waals surface area contributed by atoms with Gasteiger partial charge in [0.15, 0.2) is 17.5 Å². The third-order valence-corrected chi connectivity index (χ3v) is 5.04. The van der Waals surface area contributed by atoms with Gasteiger partial charge in [-0.15, -0.1) is 0 Å². The standard InChI is InChI=1S/C20H27ClN6O3/c1-5-30-19-16(21)8-14(9-17(19)29-4)10-23-20(22-2)26-6-7-27(18(28)13-26)15-11-24-25(3)12-15/h8-9,11-12H,5-7,10,13H2,1-4H3,(H,22,23). The Morgan fingerprint density at radius 1 is 1.37 bits per heavy atom. The van der Waals surface area contributed by atoms with Gasteiger partial charge >= 0.3 is 0 Å². The minimum absolute atomic E-state index is 0.00276. The molecule has 0 atom stereocenters. The van der Waals surface area contributed by atoms with E-state index in [-0.39, 0.29) is 12.5 Å². The second kappa shape index (κ2) is 9.71. The van der Waals surface area contributed by atoms with E-state index in [0.717, 1.165) is 11.3 Å². The van der Waals surface area contributed by atoms with Crippen molar-refractivity contribution < 1.29 is 14.3 Å². The molecule has 0 aliphatic carbocycles. The lowest BCUT2D eigenvalue weighted by molar-refractivity contribution is -0.120. The fourth-order valence-corrected chi connectivity index (χ4v) is 3.64. The number of rotatable bonds is 6. The van der Waals surface area contributed by atoms with Crippen LogP contribution in [0.5, 0.6) is 11.5 Å². The summed E-state index contributed by atoms with van der Waals surface area (Å²) in [5.74, 6) is 1.77. The Kier molecular flexibility index (Phi) is 7.04. The van der Waals surface area contributed by atoms with Crippen molar-refractivity contribution in [3.05, 3.63) is 35.1 Å². The van der Waals surface area contributed by atoms with Crippen LogP contribution >= 0.6 is 11.6 Å². The fourth-order valence-electron chi connectivity index (χ4n) is 3.35. The fraction of sp³-hybridized carbons (Fsp3) is 0.450. The van der Waals surface area contributed by atoms with Gasteiger partial charge in [0.1, 0.15) is 6.54 Å². The van der Waals surface area contributed by atoms with E-state index in [1.807, 2.05) is 37.2 Å². The number of guanidine groups is 1. The number of nitrogens with zero attached hydrogens (tertiary/aromatic N) is 5. The number of ether oxygens (including phenoxy) is 2. The molecule has 9 nitrogen and oxygen atoms in total. The molecule has 1 fully saturated rings. The number of benzene rings is 1. The maximum Gasteiger partial charge on any atom is 0.246 e. The summed E-state index contributed by atoms with van der Waals surface area (Å²) in [7, 11) is 5.11. The van der Waals surface area contributed by atoms with Crippen molar-refractivity contribution in [3.63, 3.8) is 0 Å². The summed E-state index contributed by atoms with van der Waals surface area (Å²) in [4.78, 5) is 20.7. The molecule has 2 heterocycles. The smallest absolute Gasteiger partial charge is 0.246 e.